The highest BCUT2D eigenvalue weighted by atomic mass is 16.3. The van der Waals surface area contributed by atoms with E-state index in [4.69, 9.17) is 0 Å². The Kier molecular flexibility index (Phi) is 2.96. The van der Waals surface area contributed by atoms with Gasteiger partial charge < -0.3 is 5.11 Å². The van der Waals surface area contributed by atoms with Gasteiger partial charge in [0.05, 0.1) is 6.10 Å². The van der Waals surface area contributed by atoms with Crippen molar-refractivity contribution < 1.29 is 9.90 Å². The van der Waals surface area contributed by atoms with Crippen molar-refractivity contribution in [3.05, 3.63) is 11.6 Å². The molecule has 116 valence electrons. The van der Waals surface area contributed by atoms with Crippen LogP contribution in [-0.4, -0.2) is 17.0 Å². The monoisotopic (exact) mass is 288 g/mol. The molecule has 3 fully saturated rings. The number of aliphatic hydroxyl groups excluding tert-OH is 1. The summed E-state index contributed by atoms with van der Waals surface area (Å²) in [6.45, 7) is 4.81. The van der Waals surface area contributed by atoms with Crippen LogP contribution in [0, 0.1) is 28.6 Å². The molecule has 0 aromatic carbocycles. The predicted molar refractivity (Wildman–Crippen MR) is 82.7 cm³/mol. The predicted octanol–water partition coefficient (Wildman–Crippen LogP) is 3.88. The fraction of sp³-hybridized carbons (Fsp3) is 0.842. The number of hydrogen-bond acceptors (Lipinski definition) is 2. The van der Waals surface area contributed by atoms with Gasteiger partial charge in [-0.3, -0.25) is 4.79 Å². The summed E-state index contributed by atoms with van der Waals surface area (Å²) in [4.78, 5) is 12.9. The molecule has 3 saturated carbocycles. The summed E-state index contributed by atoms with van der Waals surface area (Å²) in [6, 6.07) is 0. The Morgan fingerprint density at radius 1 is 1.10 bits per heavy atom. The third-order valence-electron chi connectivity index (χ3n) is 7.70. The van der Waals surface area contributed by atoms with Gasteiger partial charge in [0.25, 0.3) is 0 Å². The van der Waals surface area contributed by atoms with E-state index in [1.807, 2.05) is 6.08 Å². The van der Waals surface area contributed by atoms with Gasteiger partial charge in [0, 0.05) is 5.92 Å². The van der Waals surface area contributed by atoms with Crippen LogP contribution in [0.15, 0.2) is 11.6 Å². The van der Waals surface area contributed by atoms with Crippen LogP contribution >= 0.6 is 0 Å². The molecule has 4 rings (SSSR count). The van der Waals surface area contributed by atoms with E-state index < -0.39 is 0 Å². The van der Waals surface area contributed by atoms with E-state index in [-0.39, 0.29) is 17.4 Å². The quantitative estimate of drug-likeness (QED) is 0.734. The van der Waals surface area contributed by atoms with Crippen molar-refractivity contribution in [2.45, 2.75) is 71.3 Å². The van der Waals surface area contributed by atoms with Gasteiger partial charge in [0.15, 0.2) is 5.78 Å². The minimum Gasteiger partial charge on any atom is -0.393 e. The molecule has 0 amide bonds. The molecule has 0 aromatic rings. The molecule has 4 aliphatic carbocycles. The molecule has 0 radical (unpaired) electrons. The van der Waals surface area contributed by atoms with Crippen LogP contribution in [0.3, 0.4) is 0 Å². The number of fused-ring (bicyclic) bond motifs is 5. The second-order valence-corrected chi connectivity index (χ2v) is 8.71. The van der Waals surface area contributed by atoms with Gasteiger partial charge >= 0.3 is 0 Å². The lowest BCUT2D eigenvalue weighted by molar-refractivity contribution is -0.133. The molecule has 0 aliphatic heterocycles. The highest BCUT2D eigenvalue weighted by molar-refractivity contribution is 5.94. The average molecular weight is 288 g/mol. The molecule has 6 atom stereocenters. The van der Waals surface area contributed by atoms with Crippen LogP contribution in [0.4, 0.5) is 0 Å². The Bertz CT molecular complexity index is 508. The summed E-state index contributed by atoms with van der Waals surface area (Å²) in [5.41, 5.74) is 1.86. The molecule has 1 unspecified atom stereocenters. The van der Waals surface area contributed by atoms with E-state index in [0.717, 1.165) is 19.3 Å². The maximum atomic E-state index is 12.9. The highest BCUT2D eigenvalue weighted by Crippen LogP contribution is 2.63. The smallest absolute Gasteiger partial charge is 0.159 e. The molecular formula is C19H28O2. The summed E-state index contributed by atoms with van der Waals surface area (Å²) >= 11 is 0. The number of rotatable bonds is 0. The Hall–Kier alpha value is -0.630. The Balaban J connectivity index is 1.75. The van der Waals surface area contributed by atoms with Crippen LogP contribution in [0.25, 0.3) is 0 Å². The van der Waals surface area contributed by atoms with Crippen molar-refractivity contribution in [2.24, 2.45) is 28.6 Å². The van der Waals surface area contributed by atoms with Gasteiger partial charge in [-0.15, -0.1) is 0 Å². The van der Waals surface area contributed by atoms with Gasteiger partial charge in [-0.25, -0.2) is 0 Å². The van der Waals surface area contributed by atoms with Gasteiger partial charge in [-0.1, -0.05) is 25.8 Å². The molecule has 2 nitrogen and oxygen atoms in total. The maximum Gasteiger partial charge on any atom is 0.159 e. The lowest BCUT2D eigenvalue weighted by Gasteiger charge is -2.56. The molecule has 2 heteroatoms. The minimum atomic E-state index is -0.228. The van der Waals surface area contributed by atoms with Crippen molar-refractivity contribution in [1.29, 1.82) is 0 Å². The second kappa shape index (κ2) is 4.44. The molecule has 0 saturated heterocycles. The van der Waals surface area contributed by atoms with Crippen molar-refractivity contribution in [2.75, 3.05) is 0 Å². The van der Waals surface area contributed by atoms with Crippen molar-refractivity contribution >= 4 is 5.78 Å². The first-order valence-electron chi connectivity index (χ1n) is 8.87. The Morgan fingerprint density at radius 3 is 2.71 bits per heavy atom. The highest BCUT2D eigenvalue weighted by Gasteiger charge is 2.58. The minimum absolute atomic E-state index is 0.182. The number of allylic oxidation sites excluding steroid dienone is 1. The standard InChI is InChI=1S/C19H28O2/c1-18-7-3-4-14(18)17-15(6-8-18)19(2)9-5-13(20)10-12(19)11-16(17)21/h11,13-15,17,20H,3-10H2,1-2H3/t13?,14-,15-,17-,18-,19-/m0/s1. The zero-order valence-corrected chi connectivity index (χ0v) is 13.4. The molecule has 21 heavy (non-hydrogen) atoms. The molecule has 1 N–H and O–H groups in total. The molecule has 0 heterocycles. The number of ketones is 1. The van der Waals surface area contributed by atoms with E-state index in [9.17, 15) is 9.90 Å². The zero-order chi connectivity index (χ0) is 14.8. The molecule has 4 aliphatic rings. The topological polar surface area (TPSA) is 37.3 Å². The third kappa shape index (κ3) is 1.84. The Labute approximate surface area is 128 Å². The summed E-state index contributed by atoms with van der Waals surface area (Å²) < 4.78 is 0. The third-order valence-corrected chi connectivity index (χ3v) is 7.70. The normalized spacial score (nSPS) is 52.7. The SMILES string of the molecule is C[C@@]12CCC[C@H]1[C@@H]1C(=O)C=C3CC(O)CC[C@]3(C)[C@H]1CC2. The fourth-order valence-electron chi connectivity index (χ4n) is 6.37. The van der Waals surface area contributed by atoms with Crippen LogP contribution < -0.4 is 0 Å². The lowest BCUT2D eigenvalue weighted by atomic mass is 9.48. The number of hydrogen-bond donors (Lipinski definition) is 1. The first-order chi connectivity index (χ1) is 9.94. The second-order valence-electron chi connectivity index (χ2n) is 8.71. The maximum absolute atomic E-state index is 12.9. The van der Waals surface area contributed by atoms with E-state index in [2.05, 4.69) is 13.8 Å². The zero-order valence-electron chi connectivity index (χ0n) is 13.4. The summed E-state index contributed by atoms with van der Waals surface area (Å²) in [5.74, 6) is 1.81. The van der Waals surface area contributed by atoms with Gasteiger partial charge in [0.1, 0.15) is 0 Å². The summed E-state index contributed by atoms with van der Waals surface area (Å²) in [6.07, 6.45) is 10.8. The van der Waals surface area contributed by atoms with Crippen LogP contribution in [-0.2, 0) is 4.79 Å². The first-order valence-corrected chi connectivity index (χ1v) is 8.87. The summed E-state index contributed by atoms with van der Waals surface area (Å²) in [5, 5.41) is 9.98. The van der Waals surface area contributed by atoms with Gasteiger partial charge in [-0.05, 0) is 73.7 Å². The van der Waals surface area contributed by atoms with E-state index in [0.29, 0.717) is 23.0 Å². The average Bonchev–Trinajstić information content (AvgIpc) is 2.82. The first kappa shape index (κ1) is 14.0. The molecule has 0 aromatic heterocycles. The molecule has 0 bridgehead atoms. The van der Waals surface area contributed by atoms with Crippen LogP contribution in [0.2, 0.25) is 0 Å². The summed E-state index contributed by atoms with van der Waals surface area (Å²) in [7, 11) is 0. The van der Waals surface area contributed by atoms with E-state index in [1.54, 1.807) is 0 Å². The van der Waals surface area contributed by atoms with Crippen molar-refractivity contribution in [3.8, 4) is 0 Å². The van der Waals surface area contributed by atoms with Crippen LogP contribution in [0.5, 0.6) is 0 Å². The van der Waals surface area contributed by atoms with Crippen molar-refractivity contribution in [1.82, 2.24) is 0 Å². The van der Waals surface area contributed by atoms with Gasteiger partial charge in [0.2, 0.25) is 0 Å². The molecule has 0 spiro atoms. The van der Waals surface area contributed by atoms with E-state index >= 15 is 0 Å². The number of carbonyl (C=O) groups excluding carboxylic acids is 1. The number of carbonyl (C=O) groups is 1. The Morgan fingerprint density at radius 2 is 1.90 bits per heavy atom. The number of aliphatic hydroxyl groups is 1. The van der Waals surface area contributed by atoms with E-state index in [1.165, 1.54) is 37.7 Å². The fourth-order valence-corrected chi connectivity index (χ4v) is 6.37. The van der Waals surface area contributed by atoms with Crippen LogP contribution in [0.1, 0.15) is 65.2 Å². The lowest BCUT2D eigenvalue weighted by Crippen LogP contribution is -2.52. The van der Waals surface area contributed by atoms with Gasteiger partial charge in [-0.2, -0.15) is 0 Å². The van der Waals surface area contributed by atoms with Crippen molar-refractivity contribution in [3.63, 3.8) is 0 Å². The largest absolute Gasteiger partial charge is 0.393 e. The molecular weight excluding hydrogens is 260 g/mol.